The molecule has 2 heterocycles. The molecule has 0 radical (unpaired) electrons. The molecule has 3 rings (SSSR count). The van der Waals surface area contributed by atoms with Crippen LogP contribution in [0, 0.1) is 6.92 Å². The molecular weight excluding hydrogens is 431 g/mol. The smallest absolute Gasteiger partial charge is 0.244 e. The zero-order valence-electron chi connectivity index (χ0n) is 15.0. The topological polar surface area (TPSA) is 58.4 Å². The van der Waals surface area contributed by atoms with Gasteiger partial charge in [-0.05, 0) is 43.7 Å². The second-order valence-electron chi connectivity index (χ2n) is 6.40. The fourth-order valence-corrected chi connectivity index (χ4v) is 5.33. The van der Waals surface area contributed by atoms with Gasteiger partial charge < -0.3 is 4.90 Å². The molecule has 0 saturated carbocycles. The molecule has 0 spiro atoms. The van der Waals surface area contributed by atoms with Gasteiger partial charge in [-0.1, -0.05) is 23.2 Å². The Bertz CT molecular complexity index is 859. The minimum atomic E-state index is -3.64. The molecule has 1 aliphatic rings. The van der Waals surface area contributed by atoms with Gasteiger partial charge in [-0.15, -0.1) is 12.4 Å². The normalized spacial score (nSPS) is 16.7. The molecule has 1 saturated heterocycles. The molecule has 6 nitrogen and oxygen atoms in total. The van der Waals surface area contributed by atoms with E-state index in [1.165, 1.54) is 10.4 Å². The second-order valence-corrected chi connectivity index (χ2v) is 9.12. The summed E-state index contributed by atoms with van der Waals surface area (Å²) < 4.78 is 29.5. The molecule has 0 bridgehead atoms. The second kappa shape index (κ2) is 9.58. The third-order valence-corrected chi connectivity index (χ3v) is 7.35. The van der Waals surface area contributed by atoms with Gasteiger partial charge in [-0.2, -0.15) is 9.40 Å². The van der Waals surface area contributed by atoms with Crippen LogP contribution in [0.1, 0.15) is 12.0 Å². The van der Waals surface area contributed by atoms with Gasteiger partial charge in [0.05, 0.1) is 11.6 Å². The Kier molecular flexibility index (Phi) is 7.97. The predicted octanol–water partition coefficient (Wildman–Crippen LogP) is 3.32. The molecule has 0 amide bonds. The van der Waals surface area contributed by atoms with Crippen LogP contribution in [-0.4, -0.2) is 60.1 Å². The van der Waals surface area contributed by atoms with Gasteiger partial charge in [0.25, 0.3) is 0 Å². The van der Waals surface area contributed by atoms with Crippen LogP contribution in [0.4, 0.5) is 0 Å². The van der Waals surface area contributed by atoms with Crippen LogP contribution in [0.25, 0.3) is 0 Å². The molecule has 0 aliphatic carbocycles. The Hall–Kier alpha value is -0.830. The first-order valence-electron chi connectivity index (χ1n) is 8.53. The minimum Gasteiger partial charge on any atom is -0.300 e. The molecule has 0 unspecified atom stereocenters. The number of sulfonamides is 1. The van der Waals surface area contributed by atoms with E-state index in [1.54, 1.807) is 19.2 Å². The minimum absolute atomic E-state index is 0. The molecule has 1 aromatic heterocycles. The van der Waals surface area contributed by atoms with Crippen molar-refractivity contribution >= 4 is 45.6 Å². The molecule has 2 aromatic rings. The summed E-state index contributed by atoms with van der Waals surface area (Å²) in [6, 6.07) is 4.95. The summed E-state index contributed by atoms with van der Waals surface area (Å²) in [4.78, 5) is 2.40. The Morgan fingerprint density at radius 3 is 2.56 bits per heavy atom. The van der Waals surface area contributed by atoms with Gasteiger partial charge in [0.2, 0.25) is 10.0 Å². The summed E-state index contributed by atoms with van der Waals surface area (Å²) in [5.74, 6) is 0. The van der Waals surface area contributed by atoms with Crippen LogP contribution in [0.3, 0.4) is 0 Å². The van der Waals surface area contributed by atoms with E-state index in [0.29, 0.717) is 30.2 Å². The average Bonchev–Trinajstić information content (AvgIpc) is 2.99. The summed E-state index contributed by atoms with van der Waals surface area (Å²) in [5, 5.41) is 4.84. The number of benzene rings is 1. The zero-order valence-corrected chi connectivity index (χ0v) is 18.2. The highest BCUT2D eigenvalue weighted by Crippen LogP contribution is 2.30. The number of aromatic nitrogens is 2. The highest BCUT2D eigenvalue weighted by Gasteiger charge is 2.29. The van der Waals surface area contributed by atoms with E-state index in [9.17, 15) is 8.42 Å². The Morgan fingerprint density at radius 1 is 1.07 bits per heavy atom. The molecule has 1 aromatic carbocycles. The molecule has 0 atom stereocenters. The maximum absolute atomic E-state index is 13.0. The highest BCUT2D eigenvalue weighted by molar-refractivity contribution is 7.89. The lowest BCUT2D eigenvalue weighted by Gasteiger charge is -2.22. The van der Waals surface area contributed by atoms with E-state index in [-0.39, 0.29) is 22.3 Å². The Balaban J connectivity index is 0.00000261. The number of aryl methyl sites for hydroxylation is 1. The first-order valence-corrected chi connectivity index (χ1v) is 10.7. The molecule has 1 aliphatic heterocycles. The quantitative estimate of drug-likeness (QED) is 0.697. The summed E-state index contributed by atoms with van der Waals surface area (Å²) in [7, 11) is -3.64. The number of hydrogen-bond acceptors (Lipinski definition) is 4. The van der Waals surface area contributed by atoms with Crippen LogP contribution in [0.15, 0.2) is 35.5 Å². The van der Waals surface area contributed by atoms with E-state index in [2.05, 4.69) is 10.00 Å². The van der Waals surface area contributed by atoms with Crippen molar-refractivity contribution in [1.29, 1.82) is 0 Å². The fourth-order valence-electron chi connectivity index (χ4n) is 3.06. The molecular formula is C17H23Cl3N4O2S. The summed E-state index contributed by atoms with van der Waals surface area (Å²) in [6.45, 7) is 5.89. The largest absolute Gasteiger partial charge is 0.300 e. The molecule has 150 valence electrons. The standard InChI is InChI=1S/C17H22Cl2N4O2S.ClH/c1-14-12-17(16(19)13-15(14)18)26(24,25)23-7-3-5-21(9-11-23)8-10-22-6-2-4-20-22;/h2,4,6,12-13H,3,5,7-11H2,1H3;1H. The van der Waals surface area contributed by atoms with Crippen molar-refractivity contribution in [2.24, 2.45) is 0 Å². The first kappa shape index (κ1) is 22.5. The monoisotopic (exact) mass is 452 g/mol. The molecule has 1 fully saturated rings. The van der Waals surface area contributed by atoms with Crippen molar-refractivity contribution < 1.29 is 8.42 Å². The first-order chi connectivity index (χ1) is 12.4. The van der Waals surface area contributed by atoms with Gasteiger partial charge in [0, 0.05) is 43.6 Å². The molecule has 10 heteroatoms. The van der Waals surface area contributed by atoms with Crippen molar-refractivity contribution in [2.45, 2.75) is 24.8 Å². The SMILES string of the molecule is Cc1cc(S(=O)(=O)N2CCCN(CCn3cccn3)CC2)c(Cl)cc1Cl.Cl. The van der Waals surface area contributed by atoms with E-state index in [0.717, 1.165) is 26.1 Å². The van der Waals surface area contributed by atoms with Gasteiger partial charge in [-0.25, -0.2) is 8.42 Å². The number of halogens is 3. The van der Waals surface area contributed by atoms with Gasteiger partial charge in [0.15, 0.2) is 0 Å². The summed E-state index contributed by atoms with van der Waals surface area (Å²) in [6.07, 6.45) is 4.47. The average molecular weight is 454 g/mol. The molecule has 27 heavy (non-hydrogen) atoms. The number of nitrogens with zero attached hydrogens (tertiary/aromatic N) is 4. The van der Waals surface area contributed by atoms with Crippen molar-refractivity contribution in [3.05, 3.63) is 46.2 Å². The van der Waals surface area contributed by atoms with Crippen LogP contribution < -0.4 is 0 Å². The highest BCUT2D eigenvalue weighted by atomic mass is 35.5. The predicted molar refractivity (Wildman–Crippen MR) is 110 cm³/mol. The summed E-state index contributed by atoms with van der Waals surface area (Å²) >= 11 is 12.2. The Morgan fingerprint density at radius 2 is 1.85 bits per heavy atom. The number of rotatable bonds is 5. The van der Waals surface area contributed by atoms with Crippen LogP contribution in [-0.2, 0) is 16.6 Å². The third-order valence-electron chi connectivity index (χ3n) is 4.58. The maximum atomic E-state index is 13.0. The van der Waals surface area contributed by atoms with Gasteiger partial charge >= 0.3 is 0 Å². The lowest BCUT2D eigenvalue weighted by molar-refractivity contribution is 0.270. The van der Waals surface area contributed by atoms with E-state index < -0.39 is 10.0 Å². The van der Waals surface area contributed by atoms with E-state index in [1.807, 2.05) is 16.9 Å². The zero-order chi connectivity index (χ0) is 18.7. The van der Waals surface area contributed by atoms with Crippen molar-refractivity contribution in [2.75, 3.05) is 32.7 Å². The Labute approximate surface area is 176 Å². The lowest BCUT2D eigenvalue weighted by Crippen LogP contribution is -2.36. The van der Waals surface area contributed by atoms with Crippen LogP contribution in [0.2, 0.25) is 10.0 Å². The van der Waals surface area contributed by atoms with Gasteiger partial charge in [0.1, 0.15) is 4.90 Å². The van der Waals surface area contributed by atoms with Crippen LogP contribution >= 0.6 is 35.6 Å². The van der Waals surface area contributed by atoms with E-state index in [4.69, 9.17) is 23.2 Å². The lowest BCUT2D eigenvalue weighted by atomic mass is 10.2. The fraction of sp³-hybridized carbons (Fsp3) is 0.471. The third kappa shape index (κ3) is 5.37. The van der Waals surface area contributed by atoms with E-state index >= 15 is 0 Å². The van der Waals surface area contributed by atoms with Crippen molar-refractivity contribution in [3.63, 3.8) is 0 Å². The van der Waals surface area contributed by atoms with Gasteiger partial charge in [-0.3, -0.25) is 4.68 Å². The number of hydrogen-bond donors (Lipinski definition) is 0. The molecule has 0 N–H and O–H groups in total. The summed E-state index contributed by atoms with van der Waals surface area (Å²) in [5.41, 5.74) is 0.699. The van der Waals surface area contributed by atoms with Crippen molar-refractivity contribution in [1.82, 2.24) is 19.0 Å². The van der Waals surface area contributed by atoms with Crippen LogP contribution in [0.5, 0.6) is 0 Å². The maximum Gasteiger partial charge on any atom is 0.244 e. The van der Waals surface area contributed by atoms with Crippen molar-refractivity contribution in [3.8, 4) is 0 Å².